The zero-order valence-electron chi connectivity index (χ0n) is 11.1. The summed E-state index contributed by atoms with van der Waals surface area (Å²) < 4.78 is 37.7. The standard InChI is InChI=1S/C12H17FN2O3S/c1-4-14-12(16)9(2)15(19(3,17)18)11-7-5-6-10(13)8-11/h5-9H,4H2,1-3H3,(H,14,16)/t9-/m1/s1. The number of carbonyl (C=O) groups excluding carboxylic acids is 1. The quantitative estimate of drug-likeness (QED) is 0.883. The van der Waals surface area contributed by atoms with E-state index < -0.39 is 27.8 Å². The number of anilines is 1. The van der Waals surface area contributed by atoms with E-state index in [0.717, 1.165) is 16.6 Å². The van der Waals surface area contributed by atoms with E-state index >= 15 is 0 Å². The summed E-state index contributed by atoms with van der Waals surface area (Å²) in [6.45, 7) is 3.58. The first-order valence-corrected chi connectivity index (χ1v) is 7.65. The summed E-state index contributed by atoms with van der Waals surface area (Å²) in [6, 6.07) is 4.18. The van der Waals surface area contributed by atoms with Crippen LogP contribution in [0.4, 0.5) is 10.1 Å². The fourth-order valence-corrected chi connectivity index (χ4v) is 2.91. The zero-order chi connectivity index (χ0) is 14.6. The summed E-state index contributed by atoms with van der Waals surface area (Å²) in [4.78, 5) is 11.8. The Hall–Kier alpha value is -1.63. The number of benzene rings is 1. The predicted octanol–water partition coefficient (Wildman–Crippen LogP) is 1.12. The van der Waals surface area contributed by atoms with Crippen molar-refractivity contribution in [2.45, 2.75) is 19.9 Å². The minimum Gasteiger partial charge on any atom is -0.355 e. The Labute approximate surface area is 112 Å². The maximum atomic E-state index is 13.2. The largest absolute Gasteiger partial charge is 0.355 e. The number of nitrogens with one attached hydrogen (secondary N) is 1. The van der Waals surface area contributed by atoms with E-state index in [4.69, 9.17) is 0 Å². The number of carbonyl (C=O) groups is 1. The summed E-state index contributed by atoms with van der Waals surface area (Å²) in [5.41, 5.74) is 0.126. The Balaban J connectivity index is 3.20. The fraction of sp³-hybridized carbons (Fsp3) is 0.417. The van der Waals surface area contributed by atoms with Crippen molar-refractivity contribution >= 4 is 21.6 Å². The molecule has 0 aliphatic rings. The molecule has 1 rings (SSSR count). The molecule has 0 aliphatic carbocycles. The number of sulfonamides is 1. The molecule has 1 aromatic carbocycles. The van der Waals surface area contributed by atoms with Gasteiger partial charge in [-0.2, -0.15) is 0 Å². The van der Waals surface area contributed by atoms with E-state index in [2.05, 4.69) is 5.32 Å². The molecule has 0 saturated carbocycles. The van der Waals surface area contributed by atoms with Gasteiger partial charge in [-0.15, -0.1) is 0 Å². The van der Waals surface area contributed by atoms with Crippen LogP contribution >= 0.6 is 0 Å². The average molecular weight is 288 g/mol. The first-order chi connectivity index (χ1) is 8.77. The molecule has 0 spiro atoms. The predicted molar refractivity (Wildman–Crippen MR) is 71.9 cm³/mol. The lowest BCUT2D eigenvalue weighted by atomic mass is 10.2. The summed E-state index contributed by atoms with van der Waals surface area (Å²) in [6.07, 6.45) is 0.980. The smallest absolute Gasteiger partial charge is 0.243 e. The molecule has 106 valence electrons. The molecule has 0 heterocycles. The van der Waals surface area contributed by atoms with E-state index in [1.165, 1.54) is 25.1 Å². The lowest BCUT2D eigenvalue weighted by Crippen LogP contribution is -2.47. The number of rotatable bonds is 5. The zero-order valence-corrected chi connectivity index (χ0v) is 11.9. The second kappa shape index (κ2) is 6.01. The van der Waals surface area contributed by atoms with Crippen LogP contribution in [0.5, 0.6) is 0 Å². The van der Waals surface area contributed by atoms with Crippen LogP contribution in [0.15, 0.2) is 24.3 Å². The van der Waals surface area contributed by atoms with Crippen LogP contribution in [-0.4, -0.2) is 33.2 Å². The Morgan fingerprint density at radius 2 is 2.11 bits per heavy atom. The first-order valence-electron chi connectivity index (χ1n) is 5.80. The monoisotopic (exact) mass is 288 g/mol. The maximum Gasteiger partial charge on any atom is 0.243 e. The van der Waals surface area contributed by atoms with Crippen molar-refractivity contribution in [1.29, 1.82) is 0 Å². The van der Waals surface area contributed by atoms with Crippen LogP contribution < -0.4 is 9.62 Å². The fourth-order valence-electron chi connectivity index (χ4n) is 1.74. The van der Waals surface area contributed by atoms with Crippen molar-refractivity contribution in [2.75, 3.05) is 17.1 Å². The van der Waals surface area contributed by atoms with Crippen molar-refractivity contribution in [3.63, 3.8) is 0 Å². The third-order valence-corrected chi connectivity index (χ3v) is 3.74. The van der Waals surface area contributed by atoms with Crippen molar-refractivity contribution in [2.24, 2.45) is 0 Å². The number of hydrogen-bond acceptors (Lipinski definition) is 3. The maximum absolute atomic E-state index is 13.2. The Morgan fingerprint density at radius 3 is 2.58 bits per heavy atom. The highest BCUT2D eigenvalue weighted by molar-refractivity contribution is 7.92. The molecule has 0 aliphatic heterocycles. The van der Waals surface area contributed by atoms with Crippen molar-refractivity contribution in [3.8, 4) is 0 Å². The summed E-state index contributed by atoms with van der Waals surface area (Å²) >= 11 is 0. The molecule has 1 amide bonds. The molecule has 0 radical (unpaired) electrons. The third-order valence-electron chi connectivity index (χ3n) is 2.50. The molecule has 7 heteroatoms. The molecule has 0 saturated heterocycles. The molecular weight excluding hydrogens is 271 g/mol. The molecule has 1 atom stereocenters. The second-order valence-electron chi connectivity index (χ2n) is 4.11. The molecule has 1 N–H and O–H groups in total. The summed E-state index contributed by atoms with van der Waals surface area (Å²) in [7, 11) is -3.69. The minimum absolute atomic E-state index is 0.126. The van der Waals surface area contributed by atoms with Crippen molar-refractivity contribution in [3.05, 3.63) is 30.1 Å². The van der Waals surface area contributed by atoms with E-state index in [9.17, 15) is 17.6 Å². The lowest BCUT2D eigenvalue weighted by molar-refractivity contribution is -0.121. The molecule has 0 fully saturated rings. The highest BCUT2D eigenvalue weighted by Crippen LogP contribution is 2.21. The highest BCUT2D eigenvalue weighted by atomic mass is 32.2. The van der Waals surface area contributed by atoms with E-state index in [0.29, 0.717) is 6.54 Å². The van der Waals surface area contributed by atoms with Crippen molar-refractivity contribution < 1.29 is 17.6 Å². The van der Waals surface area contributed by atoms with Crippen LogP contribution in [0.2, 0.25) is 0 Å². The van der Waals surface area contributed by atoms with E-state index in [1.807, 2.05) is 0 Å². The van der Waals surface area contributed by atoms with Gasteiger partial charge in [0.2, 0.25) is 15.9 Å². The molecular formula is C12H17FN2O3S. The van der Waals surface area contributed by atoms with E-state index in [-0.39, 0.29) is 5.69 Å². The SMILES string of the molecule is CCNC(=O)[C@@H](C)N(c1cccc(F)c1)S(C)(=O)=O. The van der Waals surface area contributed by atoms with Gasteiger partial charge in [-0.25, -0.2) is 12.8 Å². The van der Waals surface area contributed by atoms with Gasteiger partial charge in [-0.1, -0.05) is 6.07 Å². The van der Waals surface area contributed by atoms with Gasteiger partial charge in [0, 0.05) is 6.54 Å². The Kier molecular flexibility index (Phi) is 4.88. The molecule has 0 bridgehead atoms. The van der Waals surface area contributed by atoms with E-state index in [1.54, 1.807) is 6.92 Å². The van der Waals surface area contributed by atoms with Gasteiger partial charge in [-0.3, -0.25) is 9.10 Å². The molecule has 1 aromatic rings. The van der Waals surface area contributed by atoms with Gasteiger partial charge in [0.15, 0.2) is 0 Å². The van der Waals surface area contributed by atoms with Gasteiger partial charge in [0.1, 0.15) is 11.9 Å². The third kappa shape index (κ3) is 3.92. The van der Waals surface area contributed by atoms with Crippen LogP contribution in [0, 0.1) is 5.82 Å². The van der Waals surface area contributed by atoms with Crippen LogP contribution in [0.3, 0.4) is 0 Å². The van der Waals surface area contributed by atoms with Gasteiger partial charge >= 0.3 is 0 Å². The number of nitrogens with zero attached hydrogens (tertiary/aromatic N) is 1. The Bertz CT molecular complexity index is 560. The first kappa shape index (κ1) is 15.4. The molecule has 0 aromatic heterocycles. The molecule has 0 unspecified atom stereocenters. The topological polar surface area (TPSA) is 66.5 Å². The number of hydrogen-bond donors (Lipinski definition) is 1. The normalized spacial score (nSPS) is 12.8. The molecule has 19 heavy (non-hydrogen) atoms. The van der Waals surface area contributed by atoms with Crippen LogP contribution in [0.25, 0.3) is 0 Å². The van der Waals surface area contributed by atoms with Gasteiger partial charge in [0.25, 0.3) is 0 Å². The van der Waals surface area contributed by atoms with Crippen LogP contribution in [0.1, 0.15) is 13.8 Å². The van der Waals surface area contributed by atoms with Gasteiger partial charge in [0.05, 0.1) is 11.9 Å². The number of likely N-dealkylation sites (N-methyl/N-ethyl adjacent to an activating group) is 1. The van der Waals surface area contributed by atoms with Crippen molar-refractivity contribution in [1.82, 2.24) is 5.32 Å². The summed E-state index contributed by atoms with van der Waals surface area (Å²) in [5.74, 6) is -0.994. The Morgan fingerprint density at radius 1 is 1.47 bits per heavy atom. The minimum atomic E-state index is -3.69. The van der Waals surface area contributed by atoms with Gasteiger partial charge in [-0.05, 0) is 32.0 Å². The second-order valence-corrected chi connectivity index (χ2v) is 5.97. The lowest BCUT2D eigenvalue weighted by Gasteiger charge is -2.28. The highest BCUT2D eigenvalue weighted by Gasteiger charge is 2.28. The summed E-state index contributed by atoms with van der Waals surface area (Å²) in [5, 5.41) is 2.54. The van der Waals surface area contributed by atoms with Crippen LogP contribution in [-0.2, 0) is 14.8 Å². The number of amides is 1. The average Bonchev–Trinajstić information content (AvgIpc) is 2.27. The molecule has 5 nitrogen and oxygen atoms in total. The number of halogens is 1. The van der Waals surface area contributed by atoms with Gasteiger partial charge < -0.3 is 5.32 Å².